The standard InChI is InChI=1S/C14H13FN6/c1-14(10-4-8(17)2-3-11(10)15)7-21-9(5-16)6-19-13(21)12(18)20-14/h2-4,6H,7,17H2,1H3,(H2,18,20)/t14-/m0/s1. The molecule has 1 atom stereocenters. The van der Waals surface area contributed by atoms with E-state index < -0.39 is 11.4 Å². The van der Waals surface area contributed by atoms with Crippen molar-refractivity contribution in [2.75, 3.05) is 5.73 Å². The Labute approximate surface area is 120 Å². The van der Waals surface area contributed by atoms with Crippen molar-refractivity contribution in [3.63, 3.8) is 0 Å². The highest BCUT2D eigenvalue weighted by atomic mass is 19.1. The molecule has 0 bridgehead atoms. The summed E-state index contributed by atoms with van der Waals surface area (Å²) in [6.45, 7) is 2.02. The number of benzene rings is 1. The van der Waals surface area contributed by atoms with Crippen molar-refractivity contribution >= 4 is 11.5 Å². The second kappa shape index (κ2) is 4.31. The number of fused-ring (bicyclic) bond motifs is 1. The van der Waals surface area contributed by atoms with Crippen LogP contribution in [0, 0.1) is 17.1 Å². The zero-order valence-electron chi connectivity index (χ0n) is 11.3. The molecule has 1 aliphatic rings. The quantitative estimate of drug-likeness (QED) is 0.765. The van der Waals surface area contributed by atoms with E-state index in [2.05, 4.69) is 9.98 Å². The zero-order chi connectivity index (χ0) is 15.2. The maximum Gasteiger partial charge on any atom is 0.176 e. The van der Waals surface area contributed by atoms with Gasteiger partial charge in [-0.3, -0.25) is 4.99 Å². The van der Waals surface area contributed by atoms with Gasteiger partial charge in [0.1, 0.15) is 23.1 Å². The Morgan fingerprint density at radius 3 is 2.90 bits per heavy atom. The van der Waals surface area contributed by atoms with E-state index in [9.17, 15) is 4.39 Å². The van der Waals surface area contributed by atoms with E-state index in [4.69, 9.17) is 16.7 Å². The number of aromatic nitrogens is 2. The number of nitrogens with two attached hydrogens (primary N) is 2. The normalized spacial score (nSPS) is 20.5. The van der Waals surface area contributed by atoms with Gasteiger partial charge in [-0.05, 0) is 25.1 Å². The van der Waals surface area contributed by atoms with Crippen LogP contribution >= 0.6 is 0 Å². The van der Waals surface area contributed by atoms with Gasteiger partial charge in [0.15, 0.2) is 11.7 Å². The molecule has 0 radical (unpaired) electrons. The summed E-state index contributed by atoms with van der Waals surface area (Å²) in [6.07, 6.45) is 1.43. The van der Waals surface area contributed by atoms with Crippen molar-refractivity contribution in [2.45, 2.75) is 19.0 Å². The summed E-state index contributed by atoms with van der Waals surface area (Å²) in [5, 5.41) is 9.12. The average molecular weight is 284 g/mol. The molecule has 3 rings (SSSR count). The second-order valence-electron chi connectivity index (χ2n) is 5.18. The van der Waals surface area contributed by atoms with Gasteiger partial charge in [-0.2, -0.15) is 5.26 Å². The number of hydrogen-bond acceptors (Lipinski definition) is 5. The molecule has 7 heteroatoms. The molecular formula is C14H13FN6. The number of anilines is 1. The molecule has 0 unspecified atom stereocenters. The highest BCUT2D eigenvalue weighted by Crippen LogP contribution is 2.34. The molecule has 0 aliphatic carbocycles. The van der Waals surface area contributed by atoms with Crippen LogP contribution in [0.1, 0.15) is 24.0 Å². The van der Waals surface area contributed by atoms with Crippen LogP contribution in [0.5, 0.6) is 0 Å². The van der Waals surface area contributed by atoms with Crippen molar-refractivity contribution in [1.82, 2.24) is 9.55 Å². The zero-order valence-corrected chi connectivity index (χ0v) is 11.3. The van der Waals surface area contributed by atoms with E-state index in [0.29, 0.717) is 22.8 Å². The lowest BCUT2D eigenvalue weighted by Gasteiger charge is -2.31. The lowest BCUT2D eigenvalue weighted by molar-refractivity contribution is 0.382. The number of amidine groups is 1. The molecule has 1 aliphatic heterocycles. The average Bonchev–Trinajstić information content (AvgIpc) is 2.84. The smallest absolute Gasteiger partial charge is 0.176 e. The van der Waals surface area contributed by atoms with E-state index in [1.54, 1.807) is 17.6 Å². The maximum atomic E-state index is 14.2. The number of hydrogen-bond donors (Lipinski definition) is 2. The Bertz CT molecular complexity index is 800. The number of nitrogen functional groups attached to an aromatic ring is 1. The van der Waals surface area contributed by atoms with Gasteiger partial charge >= 0.3 is 0 Å². The van der Waals surface area contributed by atoms with Crippen molar-refractivity contribution in [3.8, 4) is 6.07 Å². The van der Waals surface area contributed by atoms with Crippen molar-refractivity contribution in [2.24, 2.45) is 10.7 Å². The van der Waals surface area contributed by atoms with Crippen LogP contribution in [-0.2, 0) is 12.1 Å². The number of rotatable bonds is 1. The summed E-state index contributed by atoms with van der Waals surface area (Å²) < 4.78 is 15.8. The molecule has 4 N–H and O–H groups in total. The fourth-order valence-corrected chi connectivity index (χ4v) is 2.59. The van der Waals surface area contributed by atoms with E-state index in [1.807, 2.05) is 6.07 Å². The number of imidazole rings is 1. The maximum absolute atomic E-state index is 14.2. The van der Waals surface area contributed by atoms with Gasteiger partial charge in [0, 0.05) is 11.3 Å². The van der Waals surface area contributed by atoms with E-state index in [0.717, 1.165) is 0 Å². The van der Waals surface area contributed by atoms with Crippen LogP contribution in [0.2, 0.25) is 0 Å². The molecule has 6 nitrogen and oxygen atoms in total. The van der Waals surface area contributed by atoms with Gasteiger partial charge < -0.3 is 16.0 Å². The van der Waals surface area contributed by atoms with Gasteiger partial charge in [0.2, 0.25) is 0 Å². The summed E-state index contributed by atoms with van der Waals surface area (Å²) >= 11 is 0. The minimum atomic E-state index is -0.942. The molecule has 2 aromatic rings. The molecule has 1 aromatic heterocycles. The molecule has 0 spiro atoms. The highest BCUT2D eigenvalue weighted by molar-refractivity contribution is 5.95. The molecule has 0 fully saturated rings. The Kier molecular flexibility index (Phi) is 2.69. The topological polar surface area (TPSA) is 106 Å². The lowest BCUT2D eigenvalue weighted by atomic mass is 9.90. The third-order valence-electron chi connectivity index (χ3n) is 3.60. The number of aliphatic imine (C=N–C) groups is 1. The summed E-state index contributed by atoms with van der Waals surface area (Å²) in [6, 6.07) is 6.37. The molecular weight excluding hydrogens is 271 g/mol. The van der Waals surface area contributed by atoms with Gasteiger partial charge in [0.05, 0.1) is 12.7 Å². The van der Waals surface area contributed by atoms with Crippen LogP contribution < -0.4 is 11.5 Å². The fourth-order valence-electron chi connectivity index (χ4n) is 2.59. The van der Waals surface area contributed by atoms with Crippen LogP contribution in [0.4, 0.5) is 10.1 Å². The number of halogens is 1. The van der Waals surface area contributed by atoms with E-state index >= 15 is 0 Å². The van der Waals surface area contributed by atoms with Crippen LogP contribution in [0.3, 0.4) is 0 Å². The molecule has 21 heavy (non-hydrogen) atoms. The molecule has 2 heterocycles. The fraction of sp³-hybridized carbons (Fsp3) is 0.214. The van der Waals surface area contributed by atoms with E-state index in [1.165, 1.54) is 18.3 Å². The number of nitriles is 1. The summed E-state index contributed by atoms with van der Waals surface area (Å²) in [5.41, 5.74) is 11.9. The molecule has 0 amide bonds. The first-order valence-corrected chi connectivity index (χ1v) is 6.31. The third kappa shape index (κ3) is 1.92. The Morgan fingerprint density at radius 2 is 2.19 bits per heavy atom. The molecule has 106 valence electrons. The number of nitrogens with zero attached hydrogens (tertiary/aromatic N) is 4. The largest absolute Gasteiger partial charge is 0.399 e. The minimum Gasteiger partial charge on any atom is -0.399 e. The molecule has 0 saturated heterocycles. The second-order valence-corrected chi connectivity index (χ2v) is 5.18. The first kappa shape index (κ1) is 13.1. The highest BCUT2D eigenvalue weighted by Gasteiger charge is 2.36. The summed E-state index contributed by atoms with van der Waals surface area (Å²) in [5.74, 6) is 0.186. The summed E-state index contributed by atoms with van der Waals surface area (Å²) in [7, 11) is 0. The Morgan fingerprint density at radius 1 is 1.43 bits per heavy atom. The van der Waals surface area contributed by atoms with Gasteiger partial charge in [-0.15, -0.1) is 0 Å². The predicted octanol–water partition coefficient (Wildman–Crippen LogP) is 1.11. The Hall–Kier alpha value is -2.88. The van der Waals surface area contributed by atoms with Gasteiger partial charge in [-0.25, -0.2) is 9.37 Å². The van der Waals surface area contributed by atoms with Crippen LogP contribution in [-0.4, -0.2) is 15.4 Å². The lowest BCUT2D eigenvalue weighted by Crippen LogP contribution is -2.38. The predicted molar refractivity (Wildman–Crippen MR) is 75.8 cm³/mol. The SMILES string of the molecule is C[C@@]1(c2cc(N)ccc2F)Cn2c(C#N)cnc2C(N)=N1. The van der Waals surface area contributed by atoms with Crippen molar-refractivity contribution < 1.29 is 4.39 Å². The van der Waals surface area contributed by atoms with Crippen LogP contribution in [0.15, 0.2) is 29.4 Å². The van der Waals surface area contributed by atoms with Crippen molar-refractivity contribution in [1.29, 1.82) is 5.26 Å². The summed E-state index contributed by atoms with van der Waals surface area (Å²) in [4.78, 5) is 8.46. The van der Waals surface area contributed by atoms with Crippen LogP contribution in [0.25, 0.3) is 0 Å². The molecule has 0 saturated carbocycles. The molecule has 1 aromatic carbocycles. The van der Waals surface area contributed by atoms with Gasteiger partial charge in [0.25, 0.3) is 0 Å². The first-order chi connectivity index (χ1) is 9.94. The van der Waals surface area contributed by atoms with Gasteiger partial charge in [-0.1, -0.05) is 0 Å². The monoisotopic (exact) mass is 284 g/mol. The van der Waals surface area contributed by atoms with E-state index in [-0.39, 0.29) is 12.4 Å². The third-order valence-corrected chi connectivity index (χ3v) is 3.60. The first-order valence-electron chi connectivity index (χ1n) is 6.31. The minimum absolute atomic E-state index is 0.173. The van der Waals surface area contributed by atoms with Crippen molar-refractivity contribution in [3.05, 3.63) is 47.3 Å². The Balaban J connectivity index is 2.18.